The summed E-state index contributed by atoms with van der Waals surface area (Å²) in [4.78, 5) is 15.9. The normalized spacial score (nSPS) is 10.2. The van der Waals surface area contributed by atoms with Gasteiger partial charge in [-0.1, -0.05) is 6.07 Å². The van der Waals surface area contributed by atoms with Crippen molar-refractivity contribution in [2.24, 2.45) is 0 Å². The van der Waals surface area contributed by atoms with Gasteiger partial charge in [-0.3, -0.25) is 4.79 Å². The number of pyridine rings is 1. The molecule has 0 bridgehead atoms. The summed E-state index contributed by atoms with van der Waals surface area (Å²) in [5, 5.41) is 12.0. The number of aryl methyl sites for hydroxylation is 1. The Hall–Kier alpha value is -2.63. The topological polar surface area (TPSA) is 88.2 Å². The standard InChI is InChI=1S/C13H12FN3O2/c1-7-5-6-10(18)12(16-7)17-13(19)8-3-2-4-9(14)11(8)15/h2-6,18H,15H2,1H3,(H,16,17,19). The lowest BCUT2D eigenvalue weighted by Crippen LogP contribution is -2.16. The molecule has 0 atom stereocenters. The van der Waals surface area contributed by atoms with Gasteiger partial charge in [-0.15, -0.1) is 0 Å². The van der Waals surface area contributed by atoms with E-state index in [4.69, 9.17) is 5.73 Å². The van der Waals surface area contributed by atoms with Crippen LogP contribution in [0.15, 0.2) is 30.3 Å². The maximum Gasteiger partial charge on any atom is 0.259 e. The number of hydrogen-bond donors (Lipinski definition) is 3. The van der Waals surface area contributed by atoms with Crippen molar-refractivity contribution in [3.63, 3.8) is 0 Å². The highest BCUT2D eigenvalue weighted by Crippen LogP contribution is 2.22. The van der Waals surface area contributed by atoms with Gasteiger partial charge in [0.25, 0.3) is 5.91 Å². The number of hydrogen-bond acceptors (Lipinski definition) is 4. The zero-order chi connectivity index (χ0) is 14.0. The molecule has 1 amide bonds. The van der Waals surface area contributed by atoms with E-state index in [0.29, 0.717) is 5.69 Å². The molecule has 4 N–H and O–H groups in total. The Bertz CT molecular complexity index is 644. The number of nitrogens with zero attached hydrogens (tertiary/aromatic N) is 1. The molecule has 0 radical (unpaired) electrons. The molecule has 1 heterocycles. The van der Waals surface area contributed by atoms with Crippen LogP contribution in [0.2, 0.25) is 0 Å². The molecule has 0 aliphatic heterocycles. The molecule has 0 saturated heterocycles. The molecule has 2 aromatic rings. The highest BCUT2D eigenvalue weighted by molar-refractivity contribution is 6.07. The third-order valence-electron chi connectivity index (χ3n) is 2.54. The van der Waals surface area contributed by atoms with Crippen molar-refractivity contribution in [3.8, 4) is 5.75 Å². The second-order valence-electron chi connectivity index (χ2n) is 3.98. The minimum absolute atomic E-state index is 0.00802. The third kappa shape index (κ3) is 2.62. The van der Waals surface area contributed by atoms with Crippen LogP contribution in [0.4, 0.5) is 15.9 Å². The average molecular weight is 261 g/mol. The fraction of sp³-hybridized carbons (Fsp3) is 0.0769. The molecule has 0 spiro atoms. The molecule has 5 nitrogen and oxygen atoms in total. The van der Waals surface area contributed by atoms with E-state index in [9.17, 15) is 14.3 Å². The summed E-state index contributed by atoms with van der Waals surface area (Å²) in [5.41, 5.74) is 5.86. The SMILES string of the molecule is Cc1ccc(O)c(NC(=O)c2cccc(F)c2N)n1. The maximum atomic E-state index is 13.3. The molecule has 0 fully saturated rings. The number of para-hydroxylation sites is 1. The number of rotatable bonds is 2. The zero-order valence-corrected chi connectivity index (χ0v) is 10.1. The number of halogens is 1. The van der Waals surface area contributed by atoms with E-state index in [1.807, 2.05) is 0 Å². The molecular weight excluding hydrogens is 249 g/mol. The quantitative estimate of drug-likeness (QED) is 0.722. The first-order valence-corrected chi connectivity index (χ1v) is 5.51. The lowest BCUT2D eigenvalue weighted by Gasteiger charge is -2.09. The summed E-state index contributed by atoms with van der Waals surface area (Å²) in [6, 6.07) is 6.94. The van der Waals surface area contributed by atoms with Gasteiger partial charge < -0.3 is 16.2 Å². The molecule has 19 heavy (non-hydrogen) atoms. The van der Waals surface area contributed by atoms with E-state index in [1.165, 1.54) is 18.2 Å². The van der Waals surface area contributed by atoms with Crippen LogP contribution in [0.25, 0.3) is 0 Å². The van der Waals surface area contributed by atoms with Gasteiger partial charge in [0.15, 0.2) is 11.6 Å². The van der Waals surface area contributed by atoms with Crippen molar-refractivity contribution in [2.45, 2.75) is 6.92 Å². The van der Waals surface area contributed by atoms with Crippen molar-refractivity contribution in [1.82, 2.24) is 4.98 Å². The van der Waals surface area contributed by atoms with Crippen LogP contribution in [-0.2, 0) is 0 Å². The highest BCUT2D eigenvalue weighted by Gasteiger charge is 2.15. The first kappa shape index (κ1) is 12.8. The molecule has 1 aromatic heterocycles. The lowest BCUT2D eigenvalue weighted by atomic mass is 10.1. The number of anilines is 2. The first-order chi connectivity index (χ1) is 8.99. The summed E-state index contributed by atoms with van der Waals surface area (Å²) in [6.07, 6.45) is 0. The molecule has 0 unspecified atom stereocenters. The molecule has 0 saturated carbocycles. The number of benzene rings is 1. The van der Waals surface area contributed by atoms with Crippen molar-refractivity contribution in [3.05, 3.63) is 47.4 Å². The van der Waals surface area contributed by atoms with Crippen LogP contribution >= 0.6 is 0 Å². The molecule has 0 aliphatic rings. The van der Waals surface area contributed by atoms with Crippen molar-refractivity contribution in [2.75, 3.05) is 11.1 Å². The zero-order valence-electron chi connectivity index (χ0n) is 10.1. The Kier molecular flexibility index (Phi) is 3.33. The number of aromatic hydroxyl groups is 1. The fourth-order valence-corrected chi connectivity index (χ4v) is 1.55. The van der Waals surface area contributed by atoms with Gasteiger partial charge >= 0.3 is 0 Å². The Morgan fingerprint density at radius 1 is 1.37 bits per heavy atom. The Labute approximate surface area is 108 Å². The van der Waals surface area contributed by atoms with Gasteiger partial charge in [-0.05, 0) is 31.2 Å². The molecule has 1 aromatic carbocycles. The van der Waals surface area contributed by atoms with Crippen LogP contribution in [0, 0.1) is 12.7 Å². The number of nitrogen functional groups attached to an aromatic ring is 1. The minimum atomic E-state index is -0.672. The molecular formula is C13H12FN3O2. The summed E-state index contributed by atoms with van der Waals surface area (Å²) in [7, 11) is 0. The number of nitrogens with one attached hydrogen (secondary N) is 1. The van der Waals surface area contributed by atoms with E-state index < -0.39 is 11.7 Å². The predicted molar refractivity (Wildman–Crippen MR) is 69.4 cm³/mol. The van der Waals surface area contributed by atoms with Crippen LogP contribution in [0.5, 0.6) is 5.75 Å². The monoisotopic (exact) mass is 261 g/mol. The van der Waals surface area contributed by atoms with Crippen LogP contribution in [0.1, 0.15) is 16.1 Å². The Morgan fingerprint density at radius 2 is 2.11 bits per heavy atom. The van der Waals surface area contributed by atoms with Crippen molar-refractivity contribution in [1.29, 1.82) is 0 Å². The van der Waals surface area contributed by atoms with Gasteiger partial charge in [-0.25, -0.2) is 9.37 Å². The largest absolute Gasteiger partial charge is 0.504 e. The first-order valence-electron chi connectivity index (χ1n) is 5.51. The smallest absolute Gasteiger partial charge is 0.259 e. The van der Waals surface area contributed by atoms with Crippen molar-refractivity contribution < 1.29 is 14.3 Å². The highest BCUT2D eigenvalue weighted by atomic mass is 19.1. The number of aromatic nitrogens is 1. The van der Waals surface area contributed by atoms with Gasteiger partial charge in [0.1, 0.15) is 5.82 Å². The van der Waals surface area contributed by atoms with Gasteiger partial charge in [0.05, 0.1) is 11.3 Å². The average Bonchev–Trinajstić information content (AvgIpc) is 2.37. The molecule has 6 heteroatoms. The van der Waals surface area contributed by atoms with Gasteiger partial charge in [0.2, 0.25) is 0 Å². The minimum Gasteiger partial charge on any atom is -0.504 e. The Morgan fingerprint density at radius 3 is 2.84 bits per heavy atom. The molecule has 0 aliphatic carbocycles. The second-order valence-corrected chi connectivity index (χ2v) is 3.98. The van der Waals surface area contributed by atoms with E-state index in [1.54, 1.807) is 13.0 Å². The summed E-state index contributed by atoms with van der Waals surface area (Å²) < 4.78 is 13.3. The second kappa shape index (κ2) is 4.93. The van der Waals surface area contributed by atoms with Gasteiger partial charge in [-0.2, -0.15) is 0 Å². The summed E-state index contributed by atoms with van der Waals surface area (Å²) in [6.45, 7) is 1.71. The third-order valence-corrected chi connectivity index (χ3v) is 2.54. The van der Waals surface area contributed by atoms with E-state index in [-0.39, 0.29) is 22.8 Å². The summed E-state index contributed by atoms with van der Waals surface area (Å²) >= 11 is 0. The number of nitrogens with two attached hydrogens (primary N) is 1. The molecule has 98 valence electrons. The maximum absolute atomic E-state index is 13.3. The van der Waals surface area contributed by atoms with Crippen LogP contribution in [-0.4, -0.2) is 16.0 Å². The van der Waals surface area contributed by atoms with E-state index >= 15 is 0 Å². The molecule has 2 rings (SSSR count). The number of carbonyl (C=O) groups excluding carboxylic acids is 1. The van der Waals surface area contributed by atoms with E-state index in [0.717, 1.165) is 6.07 Å². The van der Waals surface area contributed by atoms with Crippen LogP contribution < -0.4 is 11.1 Å². The number of carbonyl (C=O) groups is 1. The van der Waals surface area contributed by atoms with Crippen molar-refractivity contribution >= 4 is 17.4 Å². The van der Waals surface area contributed by atoms with E-state index in [2.05, 4.69) is 10.3 Å². The number of amides is 1. The summed E-state index contributed by atoms with van der Waals surface area (Å²) in [5.74, 6) is -1.47. The van der Waals surface area contributed by atoms with Crippen LogP contribution in [0.3, 0.4) is 0 Å². The van der Waals surface area contributed by atoms with Gasteiger partial charge in [0, 0.05) is 5.69 Å². The fourth-order valence-electron chi connectivity index (χ4n) is 1.55. The Balaban J connectivity index is 2.31. The lowest BCUT2D eigenvalue weighted by molar-refractivity contribution is 0.102. The predicted octanol–water partition coefficient (Wildman–Crippen LogP) is 2.07.